The highest BCUT2D eigenvalue weighted by Crippen LogP contribution is 2.37. The highest BCUT2D eigenvalue weighted by Gasteiger charge is 2.19. The summed E-state index contributed by atoms with van der Waals surface area (Å²) in [7, 11) is 0. The molecule has 0 saturated carbocycles. The molecule has 4 rings (SSSR count). The van der Waals surface area contributed by atoms with Crippen LogP contribution in [-0.4, -0.2) is 15.4 Å². The lowest BCUT2D eigenvalue weighted by atomic mass is 10.0. The number of fused-ring (bicyclic) bond motifs is 1. The van der Waals surface area contributed by atoms with Crippen LogP contribution in [-0.2, 0) is 6.54 Å². The van der Waals surface area contributed by atoms with Crippen LogP contribution in [0.5, 0.6) is 5.88 Å². The maximum atomic E-state index is 12.4. The number of thiazole rings is 1. The third-order valence-electron chi connectivity index (χ3n) is 4.50. The van der Waals surface area contributed by atoms with Gasteiger partial charge in [0.25, 0.3) is 0 Å². The van der Waals surface area contributed by atoms with Crippen molar-refractivity contribution in [1.29, 1.82) is 0 Å². The maximum absolute atomic E-state index is 12.4. The van der Waals surface area contributed by atoms with Gasteiger partial charge < -0.3 is 5.11 Å². The minimum Gasteiger partial charge on any atom is -0.493 e. The average Bonchev–Trinajstić information content (AvgIpc) is 3.08. The molecule has 1 aromatic heterocycles. The first-order chi connectivity index (χ1) is 12.5. The quantitative estimate of drug-likeness (QED) is 0.739. The second-order valence-electron chi connectivity index (χ2n) is 6.40. The van der Waals surface area contributed by atoms with Crippen LogP contribution in [0.25, 0.3) is 11.6 Å². The van der Waals surface area contributed by atoms with Crippen molar-refractivity contribution in [1.82, 2.24) is 4.57 Å². The predicted molar refractivity (Wildman–Crippen MR) is 108 cm³/mol. The summed E-state index contributed by atoms with van der Waals surface area (Å²) < 4.78 is 1.41. The van der Waals surface area contributed by atoms with E-state index in [1.54, 1.807) is 0 Å². The van der Waals surface area contributed by atoms with E-state index in [9.17, 15) is 9.90 Å². The van der Waals surface area contributed by atoms with E-state index in [1.807, 2.05) is 68.5 Å². The molecule has 0 amide bonds. The molecule has 130 valence electrons. The average molecular weight is 362 g/mol. The molecule has 5 heteroatoms. The van der Waals surface area contributed by atoms with Crippen molar-refractivity contribution in [2.75, 3.05) is 0 Å². The van der Waals surface area contributed by atoms with Crippen LogP contribution >= 0.6 is 11.3 Å². The molecule has 1 aliphatic heterocycles. The van der Waals surface area contributed by atoms with Gasteiger partial charge in [0.1, 0.15) is 0 Å². The Morgan fingerprint density at radius 3 is 2.62 bits per heavy atom. The number of para-hydroxylation sites is 1. The highest BCUT2D eigenvalue weighted by atomic mass is 32.1. The van der Waals surface area contributed by atoms with Crippen molar-refractivity contribution in [2.24, 2.45) is 4.99 Å². The molecule has 1 aliphatic rings. The first kappa shape index (κ1) is 16.5. The normalized spacial score (nSPS) is 14.5. The SMILES string of the molecule is CC1=Nc2ccccc2/C1=C/c1sc(=O)n(Cc2ccc(C)cc2)c1O. The summed E-state index contributed by atoms with van der Waals surface area (Å²) in [5.74, 6) is 0.00487. The fourth-order valence-electron chi connectivity index (χ4n) is 3.07. The fourth-order valence-corrected chi connectivity index (χ4v) is 3.90. The molecule has 1 N–H and O–H groups in total. The standard InChI is InChI=1S/C21H18N2O2S/c1-13-7-9-15(10-8-13)12-23-20(24)19(26-21(23)25)11-17-14(2)22-18-6-4-3-5-16(17)18/h3-11,24H,12H2,1-2H3/b17-11+. The monoisotopic (exact) mass is 362 g/mol. The lowest BCUT2D eigenvalue weighted by Crippen LogP contribution is -2.13. The minimum atomic E-state index is -0.171. The van der Waals surface area contributed by atoms with Gasteiger partial charge in [-0.1, -0.05) is 59.4 Å². The molecule has 2 aromatic carbocycles. The van der Waals surface area contributed by atoms with Crippen LogP contribution in [0.2, 0.25) is 0 Å². The van der Waals surface area contributed by atoms with Crippen LogP contribution in [0.3, 0.4) is 0 Å². The van der Waals surface area contributed by atoms with Gasteiger partial charge in [-0.3, -0.25) is 14.4 Å². The summed E-state index contributed by atoms with van der Waals surface area (Å²) in [5.41, 5.74) is 5.92. The summed E-state index contributed by atoms with van der Waals surface area (Å²) in [6.07, 6.45) is 1.86. The number of allylic oxidation sites excluding steroid dienone is 1. The Bertz CT molecular complexity index is 1100. The maximum Gasteiger partial charge on any atom is 0.310 e. The summed E-state index contributed by atoms with van der Waals surface area (Å²) in [4.78, 5) is 17.3. The Balaban J connectivity index is 1.72. The number of aliphatic imine (C=N–C) groups is 1. The van der Waals surface area contributed by atoms with Crippen LogP contribution in [0, 0.1) is 6.92 Å². The zero-order valence-electron chi connectivity index (χ0n) is 14.6. The molecule has 0 aliphatic carbocycles. The van der Waals surface area contributed by atoms with E-state index in [0.29, 0.717) is 11.4 Å². The van der Waals surface area contributed by atoms with Gasteiger partial charge in [0.15, 0.2) is 0 Å². The third kappa shape index (κ3) is 2.91. The number of aromatic nitrogens is 1. The Morgan fingerprint density at radius 2 is 1.85 bits per heavy atom. The Labute approximate surface area is 155 Å². The molecule has 0 unspecified atom stereocenters. The van der Waals surface area contributed by atoms with Crippen molar-refractivity contribution < 1.29 is 5.11 Å². The van der Waals surface area contributed by atoms with E-state index in [0.717, 1.165) is 45.0 Å². The molecule has 0 radical (unpaired) electrons. The van der Waals surface area contributed by atoms with Gasteiger partial charge in [0.2, 0.25) is 5.88 Å². The van der Waals surface area contributed by atoms with E-state index in [4.69, 9.17) is 0 Å². The summed E-state index contributed by atoms with van der Waals surface area (Å²) >= 11 is 1.05. The van der Waals surface area contributed by atoms with Gasteiger partial charge >= 0.3 is 4.87 Å². The second-order valence-corrected chi connectivity index (χ2v) is 7.39. The van der Waals surface area contributed by atoms with Gasteiger partial charge in [0, 0.05) is 16.8 Å². The van der Waals surface area contributed by atoms with E-state index >= 15 is 0 Å². The van der Waals surface area contributed by atoms with Crippen molar-refractivity contribution in [3.05, 3.63) is 79.8 Å². The van der Waals surface area contributed by atoms with Crippen molar-refractivity contribution in [3.8, 4) is 5.88 Å². The van der Waals surface area contributed by atoms with Crippen molar-refractivity contribution in [3.63, 3.8) is 0 Å². The molecule has 2 heterocycles. The van der Waals surface area contributed by atoms with Crippen LogP contribution in [0.15, 0.2) is 58.3 Å². The molecule has 0 saturated heterocycles. The molecule has 0 atom stereocenters. The predicted octanol–water partition coefficient (Wildman–Crippen LogP) is 4.62. The first-order valence-electron chi connectivity index (χ1n) is 8.38. The Morgan fingerprint density at radius 1 is 1.12 bits per heavy atom. The molecular weight excluding hydrogens is 344 g/mol. The Kier molecular flexibility index (Phi) is 4.09. The van der Waals surface area contributed by atoms with E-state index < -0.39 is 0 Å². The summed E-state index contributed by atoms with van der Waals surface area (Å²) in [6.45, 7) is 4.31. The van der Waals surface area contributed by atoms with Crippen LogP contribution < -0.4 is 4.87 Å². The minimum absolute atomic E-state index is 0.00487. The zero-order valence-corrected chi connectivity index (χ0v) is 15.4. The molecule has 26 heavy (non-hydrogen) atoms. The lowest BCUT2D eigenvalue weighted by molar-refractivity contribution is 0.420. The Hall–Kier alpha value is -2.92. The number of hydrogen-bond acceptors (Lipinski definition) is 4. The van der Waals surface area contributed by atoms with Crippen LogP contribution in [0.4, 0.5) is 5.69 Å². The number of benzene rings is 2. The first-order valence-corrected chi connectivity index (χ1v) is 9.19. The number of nitrogens with zero attached hydrogens (tertiary/aromatic N) is 2. The van der Waals surface area contributed by atoms with Gasteiger partial charge in [0.05, 0.1) is 17.1 Å². The number of aryl methyl sites for hydroxylation is 1. The molecule has 3 aromatic rings. The van der Waals surface area contributed by atoms with Gasteiger partial charge in [-0.15, -0.1) is 0 Å². The summed E-state index contributed by atoms with van der Waals surface area (Å²) in [6, 6.07) is 15.8. The molecular formula is C21H18N2O2S. The molecule has 0 bridgehead atoms. The number of aromatic hydroxyl groups is 1. The second kappa shape index (κ2) is 6.42. The van der Waals surface area contributed by atoms with Gasteiger partial charge in [-0.2, -0.15) is 0 Å². The van der Waals surface area contributed by atoms with Crippen LogP contribution in [0.1, 0.15) is 28.5 Å². The lowest BCUT2D eigenvalue weighted by Gasteiger charge is -2.05. The zero-order chi connectivity index (χ0) is 18.3. The molecule has 0 fully saturated rings. The molecule has 4 nitrogen and oxygen atoms in total. The fraction of sp³-hybridized carbons (Fsp3) is 0.143. The third-order valence-corrected chi connectivity index (χ3v) is 5.42. The van der Waals surface area contributed by atoms with E-state index in [1.165, 1.54) is 4.57 Å². The van der Waals surface area contributed by atoms with E-state index in [-0.39, 0.29) is 10.8 Å². The number of rotatable bonds is 3. The largest absolute Gasteiger partial charge is 0.493 e. The van der Waals surface area contributed by atoms with Crippen molar-refractivity contribution >= 4 is 34.4 Å². The van der Waals surface area contributed by atoms with Gasteiger partial charge in [-0.25, -0.2) is 0 Å². The topological polar surface area (TPSA) is 54.6 Å². The van der Waals surface area contributed by atoms with Crippen molar-refractivity contribution in [2.45, 2.75) is 20.4 Å². The highest BCUT2D eigenvalue weighted by molar-refractivity contribution is 7.10. The smallest absolute Gasteiger partial charge is 0.310 e. The van der Waals surface area contributed by atoms with E-state index in [2.05, 4.69) is 4.99 Å². The number of hydrogen-bond donors (Lipinski definition) is 1. The molecule has 0 spiro atoms. The summed E-state index contributed by atoms with van der Waals surface area (Å²) in [5, 5.41) is 10.6. The van der Waals surface area contributed by atoms with Gasteiger partial charge in [-0.05, 0) is 31.6 Å².